The van der Waals surface area contributed by atoms with Crippen LogP contribution in [0, 0.1) is 6.92 Å². The second-order valence-corrected chi connectivity index (χ2v) is 6.04. The number of amides is 1. The molecule has 2 heterocycles. The van der Waals surface area contributed by atoms with Gasteiger partial charge in [0.25, 0.3) is 0 Å². The summed E-state index contributed by atoms with van der Waals surface area (Å²) in [6.07, 6.45) is 4.97. The smallest absolute Gasteiger partial charge is 0.220 e. The molecule has 3 rings (SSSR count). The van der Waals surface area contributed by atoms with Gasteiger partial charge in [0.2, 0.25) is 5.91 Å². The number of hydrogen-bond donors (Lipinski definition) is 1. The third kappa shape index (κ3) is 4.11. The van der Waals surface area contributed by atoms with Crippen LogP contribution < -0.4 is 5.32 Å². The van der Waals surface area contributed by atoms with E-state index >= 15 is 0 Å². The molecule has 0 aliphatic rings. The van der Waals surface area contributed by atoms with Gasteiger partial charge in [-0.1, -0.05) is 41.4 Å². The van der Waals surface area contributed by atoms with E-state index in [0.717, 1.165) is 17.8 Å². The zero-order valence-electron chi connectivity index (χ0n) is 12.9. The van der Waals surface area contributed by atoms with Crippen LogP contribution in [0.4, 0.5) is 0 Å². The fourth-order valence-electron chi connectivity index (χ4n) is 2.38. The van der Waals surface area contributed by atoms with Crippen molar-refractivity contribution < 1.29 is 4.79 Å². The first-order valence-corrected chi connectivity index (χ1v) is 7.93. The molecule has 0 saturated heterocycles. The van der Waals surface area contributed by atoms with Crippen LogP contribution in [-0.4, -0.2) is 15.3 Å². The molecule has 1 aromatic carbocycles. The molecule has 0 aliphatic heterocycles. The Bertz CT molecular complexity index is 824. The summed E-state index contributed by atoms with van der Waals surface area (Å²) >= 11 is 5.94. The molecule has 1 amide bonds. The Labute approximate surface area is 140 Å². The standard InChI is InChI=1S/C18H18ClN3O/c1-13-2-4-14(5-3-13)6-7-18(23)20-11-16-12-22-9-8-15(19)10-17(22)21-16/h2-5,8-10,12H,6-7,11H2,1H3,(H,20,23). The molecule has 118 valence electrons. The number of carbonyl (C=O) groups excluding carboxylic acids is 1. The first kappa shape index (κ1) is 15.6. The van der Waals surface area contributed by atoms with Gasteiger partial charge in [-0.25, -0.2) is 4.98 Å². The minimum absolute atomic E-state index is 0.0284. The molecule has 0 fully saturated rings. The first-order valence-electron chi connectivity index (χ1n) is 7.55. The van der Waals surface area contributed by atoms with E-state index in [4.69, 9.17) is 11.6 Å². The molecule has 0 radical (unpaired) electrons. The molecule has 0 atom stereocenters. The number of nitrogens with one attached hydrogen (secondary N) is 1. The Morgan fingerprint density at radius 2 is 2.04 bits per heavy atom. The highest BCUT2D eigenvalue weighted by molar-refractivity contribution is 6.30. The first-order chi connectivity index (χ1) is 11.1. The zero-order chi connectivity index (χ0) is 16.2. The highest BCUT2D eigenvalue weighted by Gasteiger charge is 2.06. The maximum Gasteiger partial charge on any atom is 0.220 e. The van der Waals surface area contributed by atoms with E-state index in [-0.39, 0.29) is 5.91 Å². The van der Waals surface area contributed by atoms with Gasteiger partial charge in [-0.3, -0.25) is 4.79 Å². The van der Waals surface area contributed by atoms with Gasteiger partial charge < -0.3 is 9.72 Å². The molecule has 2 aromatic heterocycles. The van der Waals surface area contributed by atoms with E-state index in [0.29, 0.717) is 18.0 Å². The summed E-state index contributed by atoms with van der Waals surface area (Å²) in [5, 5.41) is 3.56. The summed E-state index contributed by atoms with van der Waals surface area (Å²) in [6, 6.07) is 11.9. The molecular formula is C18H18ClN3O. The number of aromatic nitrogens is 2. The molecule has 0 bridgehead atoms. The zero-order valence-corrected chi connectivity index (χ0v) is 13.7. The fourth-order valence-corrected chi connectivity index (χ4v) is 2.54. The lowest BCUT2D eigenvalue weighted by Gasteiger charge is -2.04. The van der Waals surface area contributed by atoms with Crippen molar-refractivity contribution in [2.75, 3.05) is 0 Å². The minimum atomic E-state index is 0.0284. The SMILES string of the molecule is Cc1ccc(CCC(=O)NCc2cn3ccc(Cl)cc3n2)cc1. The highest BCUT2D eigenvalue weighted by Crippen LogP contribution is 2.12. The lowest BCUT2D eigenvalue weighted by molar-refractivity contribution is -0.121. The summed E-state index contributed by atoms with van der Waals surface area (Å²) in [5.74, 6) is 0.0284. The van der Waals surface area contributed by atoms with Crippen LogP contribution in [0.15, 0.2) is 48.8 Å². The van der Waals surface area contributed by atoms with E-state index in [1.54, 1.807) is 12.1 Å². The Morgan fingerprint density at radius 1 is 1.26 bits per heavy atom. The Morgan fingerprint density at radius 3 is 2.83 bits per heavy atom. The molecule has 0 spiro atoms. The Hall–Kier alpha value is -2.33. The predicted molar refractivity (Wildman–Crippen MR) is 91.5 cm³/mol. The van der Waals surface area contributed by atoms with Gasteiger partial charge in [-0.15, -0.1) is 0 Å². The minimum Gasteiger partial charge on any atom is -0.350 e. The van der Waals surface area contributed by atoms with Gasteiger partial charge in [-0.05, 0) is 31.0 Å². The Kier molecular flexibility index (Phi) is 4.63. The van der Waals surface area contributed by atoms with Gasteiger partial charge in [0.15, 0.2) is 0 Å². The lowest BCUT2D eigenvalue weighted by Crippen LogP contribution is -2.23. The van der Waals surface area contributed by atoms with Gasteiger partial charge >= 0.3 is 0 Å². The van der Waals surface area contributed by atoms with Gasteiger partial charge in [0.1, 0.15) is 5.65 Å². The van der Waals surface area contributed by atoms with Crippen LogP contribution in [-0.2, 0) is 17.8 Å². The Balaban J connectivity index is 1.52. The van der Waals surface area contributed by atoms with E-state index in [1.807, 2.05) is 16.8 Å². The number of carbonyl (C=O) groups is 1. The van der Waals surface area contributed by atoms with Crippen LogP contribution in [0.2, 0.25) is 5.02 Å². The molecule has 1 N–H and O–H groups in total. The number of benzene rings is 1. The fraction of sp³-hybridized carbons (Fsp3) is 0.222. The quantitative estimate of drug-likeness (QED) is 0.779. The van der Waals surface area contributed by atoms with Crippen molar-refractivity contribution in [1.82, 2.24) is 14.7 Å². The van der Waals surface area contributed by atoms with Crippen molar-refractivity contribution in [1.29, 1.82) is 0 Å². The normalized spacial score (nSPS) is 10.9. The number of aryl methyl sites for hydroxylation is 2. The maximum absolute atomic E-state index is 12.0. The largest absolute Gasteiger partial charge is 0.350 e. The van der Waals surface area contributed by atoms with Crippen molar-refractivity contribution in [2.24, 2.45) is 0 Å². The molecule has 0 aliphatic carbocycles. The second kappa shape index (κ2) is 6.84. The van der Waals surface area contributed by atoms with Crippen molar-refractivity contribution in [3.8, 4) is 0 Å². The number of rotatable bonds is 5. The summed E-state index contributed by atoms with van der Waals surface area (Å²) in [5.41, 5.74) is 4.00. The molecule has 0 unspecified atom stereocenters. The van der Waals surface area contributed by atoms with Crippen LogP contribution in [0.1, 0.15) is 23.2 Å². The van der Waals surface area contributed by atoms with E-state index in [1.165, 1.54) is 11.1 Å². The summed E-state index contributed by atoms with van der Waals surface area (Å²) in [6.45, 7) is 2.48. The number of imidazole rings is 1. The second-order valence-electron chi connectivity index (χ2n) is 5.60. The number of halogens is 1. The van der Waals surface area contributed by atoms with Crippen LogP contribution in [0.5, 0.6) is 0 Å². The average Bonchev–Trinajstić information content (AvgIpc) is 2.94. The monoisotopic (exact) mass is 327 g/mol. The summed E-state index contributed by atoms with van der Waals surface area (Å²) < 4.78 is 1.89. The van der Waals surface area contributed by atoms with E-state index in [9.17, 15) is 4.79 Å². The number of hydrogen-bond acceptors (Lipinski definition) is 2. The van der Waals surface area contributed by atoms with E-state index < -0.39 is 0 Å². The highest BCUT2D eigenvalue weighted by atomic mass is 35.5. The molecule has 0 saturated carbocycles. The number of nitrogens with zero attached hydrogens (tertiary/aromatic N) is 2. The van der Waals surface area contributed by atoms with Gasteiger partial charge in [0, 0.05) is 23.8 Å². The molecule has 4 nitrogen and oxygen atoms in total. The predicted octanol–water partition coefficient (Wildman–Crippen LogP) is 3.55. The lowest BCUT2D eigenvalue weighted by atomic mass is 10.1. The third-order valence-electron chi connectivity index (χ3n) is 3.70. The van der Waals surface area contributed by atoms with Crippen LogP contribution >= 0.6 is 11.6 Å². The van der Waals surface area contributed by atoms with Crippen molar-refractivity contribution in [3.05, 3.63) is 70.6 Å². The molecule has 23 heavy (non-hydrogen) atoms. The third-order valence-corrected chi connectivity index (χ3v) is 3.94. The van der Waals surface area contributed by atoms with Crippen LogP contribution in [0.3, 0.4) is 0 Å². The molecule has 3 aromatic rings. The van der Waals surface area contributed by atoms with Crippen LogP contribution in [0.25, 0.3) is 5.65 Å². The summed E-state index contributed by atoms with van der Waals surface area (Å²) in [4.78, 5) is 16.4. The number of pyridine rings is 1. The molecular weight excluding hydrogens is 310 g/mol. The van der Waals surface area contributed by atoms with E-state index in [2.05, 4.69) is 41.5 Å². The van der Waals surface area contributed by atoms with Gasteiger partial charge in [-0.2, -0.15) is 0 Å². The topological polar surface area (TPSA) is 46.4 Å². The molecule has 5 heteroatoms. The maximum atomic E-state index is 12.0. The number of fused-ring (bicyclic) bond motifs is 1. The summed E-state index contributed by atoms with van der Waals surface area (Å²) in [7, 11) is 0. The van der Waals surface area contributed by atoms with Crippen molar-refractivity contribution in [2.45, 2.75) is 26.3 Å². The van der Waals surface area contributed by atoms with Crippen molar-refractivity contribution >= 4 is 23.2 Å². The van der Waals surface area contributed by atoms with Gasteiger partial charge in [0.05, 0.1) is 12.2 Å². The van der Waals surface area contributed by atoms with Crippen molar-refractivity contribution in [3.63, 3.8) is 0 Å². The average molecular weight is 328 g/mol.